The molecule has 2 rings (SSSR count). The lowest BCUT2D eigenvalue weighted by atomic mass is 10.1. The van der Waals surface area contributed by atoms with E-state index in [0.29, 0.717) is 19.8 Å². The number of phenolic OH excluding ortho intramolecular Hbond substituents is 1. The van der Waals surface area contributed by atoms with Crippen molar-refractivity contribution in [1.82, 2.24) is 4.90 Å². The Morgan fingerprint density at radius 1 is 1.47 bits per heavy atom. The maximum absolute atomic E-state index is 12.0. The van der Waals surface area contributed by atoms with Gasteiger partial charge in [-0.2, -0.15) is 0 Å². The molecule has 1 N–H and O–H groups in total. The predicted octanol–water partition coefficient (Wildman–Crippen LogP) is 1.39. The van der Waals surface area contributed by atoms with Gasteiger partial charge in [0.1, 0.15) is 5.75 Å². The Hall–Kier alpha value is -1.55. The molecule has 4 nitrogen and oxygen atoms in total. The SMILES string of the molecule is CN(Cc1ccc(O)cc1)C(=O)C1CCOC1. The zero-order valence-electron chi connectivity index (χ0n) is 9.93. The van der Waals surface area contributed by atoms with E-state index in [9.17, 15) is 9.90 Å². The van der Waals surface area contributed by atoms with Gasteiger partial charge in [0.15, 0.2) is 0 Å². The first kappa shape index (κ1) is 11.9. The highest BCUT2D eigenvalue weighted by Crippen LogP contribution is 2.17. The van der Waals surface area contributed by atoms with Crippen LogP contribution >= 0.6 is 0 Å². The van der Waals surface area contributed by atoms with E-state index >= 15 is 0 Å². The number of aromatic hydroxyl groups is 1. The van der Waals surface area contributed by atoms with E-state index in [1.807, 2.05) is 12.1 Å². The average molecular weight is 235 g/mol. The van der Waals surface area contributed by atoms with Crippen LogP contribution in [-0.2, 0) is 16.1 Å². The van der Waals surface area contributed by atoms with E-state index in [4.69, 9.17) is 4.74 Å². The van der Waals surface area contributed by atoms with E-state index < -0.39 is 0 Å². The van der Waals surface area contributed by atoms with Crippen molar-refractivity contribution in [3.63, 3.8) is 0 Å². The van der Waals surface area contributed by atoms with Gasteiger partial charge >= 0.3 is 0 Å². The van der Waals surface area contributed by atoms with Gasteiger partial charge in [0.2, 0.25) is 5.91 Å². The first-order valence-corrected chi connectivity index (χ1v) is 5.77. The molecule has 0 bridgehead atoms. The van der Waals surface area contributed by atoms with E-state index in [2.05, 4.69) is 0 Å². The Labute approximate surface area is 101 Å². The van der Waals surface area contributed by atoms with Crippen LogP contribution in [0.2, 0.25) is 0 Å². The minimum atomic E-state index is 0.0112. The molecule has 1 unspecified atom stereocenters. The molecule has 0 aliphatic carbocycles. The van der Waals surface area contributed by atoms with Gasteiger partial charge in [-0.1, -0.05) is 12.1 Å². The van der Waals surface area contributed by atoms with Crippen LogP contribution in [0.4, 0.5) is 0 Å². The van der Waals surface area contributed by atoms with Crippen LogP contribution in [0.15, 0.2) is 24.3 Å². The normalized spacial score (nSPS) is 19.2. The fraction of sp³-hybridized carbons (Fsp3) is 0.462. The molecule has 1 aromatic carbocycles. The van der Waals surface area contributed by atoms with Gasteiger partial charge in [0.05, 0.1) is 12.5 Å². The third kappa shape index (κ3) is 2.97. The third-order valence-electron chi connectivity index (χ3n) is 3.01. The lowest BCUT2D eigenvalue weighted by molar-refractivity contribution is -0.134. The van der Waals surface area contributed by atoms with E-state index in [1.54, 1.807) is 24.1 Å². The minimum absolute atomic E-state index is 0.0112. The number of ether oxygens (including phenoxy) is 1. The lowest BCUT2D eigenvalue weighted by Gasteiger charge is -2.20. The van der Waals surface area contributed by atoms with Gasteiger partial charge in [-0.05, 0) is 24.1 Å². The number of hydrogen-bond donors (Lipinski definition) is 1. The fourth-order valence-electron chi connectivity index (χ4n) is 1.99. The number of hydrogen-bond acceptors (Lipinski definition) is 3. The first-order chi connectivity index (χ1) is 8.16. The summed E-state index contributed by atoms with van der Waals surface area (Å²) in [6, 6.07) is 6.91. The number of carbonyl (C=O) groups is 1. The second-order valence-corrected chi connectivity index (χ2v) is 4.42. The zero-order chi connectivity index (χ0) is 12.3. The highest BCUT2D eigenvalue weighted by atomic mass is 16.5. The second-order valence-electron chi connectivity index (χ2n) is 4.42. The van der Waals surface area contributed by atoms with Crippen LogP contribution in [0.1, 0.15) is 12.0 Å². The minimum Gasteiger partial charge on any atom is -0.508 e. The predicted molar refractivity (Wildman–Crippen MR) is 63.5 cm³/mol. The molecule has 0 radical (unpaired) electrons. The molecule has 17 heavy (non-hydrogen) atoms. The monoisotopic (exact) mass is 235 g/mol. The molecule has 0 aromatic heterocycles. The Kier molecular flexibility index (Phi) is 3.64. The van der Waals surface area contributed by atoms with Crippen LogP contribution in [0.25, 0.3) is 0 Å². The van der Waals surface area contributed by atoms with E-state index in [-0.39, 0.29) is 17.6 Å². The molecular formula is C13H17NO3. The molecule has 0 saturated carbocycles. The summed E-state index contributed by atoms with van der Waals surface area (Å²) in [7, 11) is 1.80. The van der Waals surface area contributed by atoms with Crippen LogP contribution in [0, 0.1) is 5.92 Å². The fourth-order valence-corrected chi connectivity index (χ4v) is 1.99. The maximum atomic E-state index is 12.0. The largest absolute Gasteiger partial charge is 0.508 e. The summed E-state index contributed by atoms with van der Waals surface area (Å²) in [5, 5.41) is 9.18. The number of phenols is 1. The Morgan fingerprint density at radius 2 is 2.18 bits per heavy atom. The molecule has 1 aliphatic heterocycles. The van der Waals surface area contributed by atoms with Gasteiger partial charge in [0, 0.05) is 20.2 Å². The summed E-state index contributed by atoms with van der Waals surface area (Å²) in [6.45, 7) is 1.79. The number of carbonyl (C=O) groups excluding carboxylic acids is 1. The third-order valence-corrected chi connectivity index (χ3v) is 3.01. The number of benzene rings is 1. The Balaban J connectivity index is 1.93. The van der Waals surface area contributed by atoms with Gasteiger partial charge in [-0.25, -0.2) is 0 Å². The summed E-state index contributed by atoms with van der Waals surface area (Å²) in [5.74, 6) is 0.389. The van der Waals surface area contributed by atoms with Gasteiger partial charge in [0.25, 0.3) is 0 Å². The zero-order valence-corrected chi connectivity index (χ0v) is 9.93. The molecule has 4 heteroatoms. The average Bonchev–Trinajstić information content (AvgIpc) is 2.84. The van der Waals surface area contributed by atoms with Crippen molar-refractivity contribution >= 4 is 5.91 Å². The van der Waals surface area contributed by atoms with Crippen molar-refractivity contribution in [3.8, 4) is 5.75 Å². The van der Waals surface area contributed by atoms with Crippen LogP contribution in [0.3, 0.4) is 0 Å². The van der Waals surface area contributed by atoms with Crippen molar-refractivity contribution < 1.29 is 14.6 Å². The number of nitrogens with zero attached hydrogens (tertiary/aromatic N) is 1. The number of amides is 1. The standard InChI is InChI=1S/C13H17NO3/c1-14(13(16)11-6-7-17-9-11)8-10-2-4-12(15)5-3-10/h2-5,11,15H,6-9H2,1H3. The molecule has 1 amide bonds. The molecule has 1 heterocycles. The molecule has 0 spiro atoms. The molecule has 1 aliphatic rings. The van der Waals surface area contributed by atoms with Crippen molar-refractivity contribution in [2.24, 2.45) is 5.92 Å². The molecule has 1 aromatic rings. The van der Waals surface area contributed by atoms with E-state index in [1.165, 1.54) is 0 Å². The first-order valence-electron chi connectivity index (χ1n) is 5.77. The molecule has 1 fully saturated rings. The summed E-state index contributed by atoms with van der Waals surface area (Å²) in [5.41, 5.74) is 1.01. The maximum Gasteiger partial charge on any atom is 0.228 e. The van der Waals surface area contributed by atoms with Gasteiger partial charge in [-0.3, -0.25) is 4.79 Å². The van der Waals surface area contributed by atoms with Crippen molar-refractivity contribution in [2.45, 2.75) is 13.0 Å². The van der Waals surface area contributed by atoms with E-state index in [0.717, 1.165) is 12.0 Å². The Bertz CT molecular complexity index is 382. The summed E-state index contributed by atoms with van der Waals surface area (Å²) < 4.78 is 5.21. The summed E-state index contributed by atoms with van der Waals surface area (Å²) >= 11 is 0. The van der Waals surface area contributed by atoms with Gasteiger partial charge < -0.3 is 14.7 Å². The second kappa shape index (κ2) is 5.19. The van der Waals surface area contributed by atoms with Crippen molar-refractivity contribution in [3.05, 3.63) is 29.8 Å². The van der Waals surface area contributed by atoms with Crippen molar-refractivity contribution in [2.75, 3.05) is 20.3 Å². The quantitative estimate of drug-likeness (QED) is 0.861. The highest BCUT2D eigenvalue weighted by molar-refractivity contribution is 5.78. The summed E-state index contributed by atoms with van der Waals surface area (Å²) in [4.78, 5) is 13.7. The van der Waals surface area contributed by atoms with Gasteiger partial charge in [-0.15, -0.1) is 0 Å². The number of rotatable bonds is 3. The topological polar surface area (TPSA) is 49.8 Å². The summed E-state index contributed by atoms with van der Waals surface area (Å²) in [6.07, 6.45) is 0.818. The van der Waals surface area contributed by atoms with Crippen LogP contribution < -0.4 is 0 Å². The molecular weight excluding hydrogens is 218 g/mol. The highest BCUT2D eigenvalue weighted by Gasteiger charge is 2.26. The lowest BCUT2D eigenvalue weighted by Crippen LogP contribution is -2.32. The molecule has 1 saturated heterocycles. The molecule has 1 atom stereocenters. The molecule has 92 valence electrons. The van der Waals surface area contributed by atoms with Crippen LogP contribution in [-0.4, -0.2) is 36.2 Å². The van der Waals surface area contributed by atoms with Crippen LogP contribution in [0.5, 0.6) is 5.75 Å². The van der Waals surface area contributed by atoms with Crippen molar-refractivity contribution in [1.29, 1.82) is 0 Å². The smallest absolute Gasteiger partial charge is 0.228 e. The Morgan fingerprint density at radius 3 is 2.76 bits per heavy atom.